The van der Waals surface area contributed by atoms with E-state index in [-0.39, 0.29) is 31.1 Å². The van der Waals surface area contributed by atoms with Crippen LogP contribution in [0.25, 0.3) is 10.9 Å². The SMILES string of the molecule is O=C(NCCc1c[nH]c2ccccc12)C(=O)NCC1OCCN1S(=O)(=O)c1ccc(Br)cc1. The number of ether oxygens (including phenoxy) is 1. The number of benzene rings is 2. The van der Waals surface area contributed by atoms with Gasteiger partial charge in [0, 0.05) is 34.7 Å². The monoisotopic (exact) mass is 534 g/mol. The highest BCUT2D eigenvalue weighted by Crippen LogP contribution is 2.23. The molecule has 1 atom stereocenters. The summed E-state index contributed by atoms with van der Waals surface area (Å²) in [7, 11) is -3.80. The number of rotatable bonds is 7. The van der Waals surface area contributed by atoms with Gasteiger partial charge in [-0.2, -0.15) is 4.31 Å². The lowest BCUT2D eigenvalue weighted by molar-refractivity contribution is -0.139. The molecule has 2 aromatic carbocycles. The van der Waals surface area contributed by atoms with Crippen LogP contribution in [-0.4, -0.2) is 62.0 Å². The van der Waals surface area contributed by atoms with Crippen molar-refractivity contribution in [2.24, 2.45) is 0 Å². The molecule has 0 spiro atoms. The first kappa shape index (κ1) is 23.4. The van der Waals surface area contributed by atoms with Gasteiger partial charge < -0.3 is 20.4 Å². The average molecular weight is 535 g/mol. The molecule has 174 valence electrons. The molecule has 1 fully saturated rings. The Morgan fingerprint density at radius 3 is 2.61 bits per heavy atom. The van der Waals surface area contributed by atoms with Crippen LogP contribution in [0.15, 0.2) is 64.1 Å². The summed E-state index contributed by atoms with van der Waals surface area (Å²) in [6.45, 7) is 0.519. The summed E-state index contributed by atoms with van der Waals surface area (Å²) in [5, 5.41) is 6.13. The largest absolute Gasteiger partial charge is 0.361 e. The van der Waals surface area contributed by atoms with Gasteiger partial charge in [0.05, 0.1) is 18.0 Å². The smallest absolute Gasteiger partial charge is 0.309 e. The number of halogens is 1. The highest BCUT2D eigenvalue weighted by Gasteiger charge is 2.36. The Morgan fingerprint density at radius 1 is 1.09 bits per heavy atom. The maximum absolute atomic E-state index is 12.9. The lowest BCUT2D eigenvalue weighted by atomic mass is 10.1. The van der Waals surface area contributed by atoms with E-state index in [0.717, 1.165) is 20.9 Å². The molecule has 2 amide bonds. The third-order valence-electron chi connectivity index (χ3n) is 5.36. The first-order chi connectivity index (χ1) is 15.9. The van der Waals surface area contributed by atoms with E-state index in [0.29, 0.717) is 6.42 Å². The van der Waals surface area contributed by atoms with Crippen molar-refractivity contribution in [2.75, 3.05) is 26.2 Å². The zero-order valence-corrected chi connectivity index (χ0v) is 20.0. The molecule has 0 radical (unpaired) electrons. The molecule has 0 aliphatic carbocycles. The molecular weight excluding hydrogens is 512 g/mol. The molecule has 1 aliphatic rings. The fraction of sp³-hybridized carbons (Fsp3) is 0.273. The standard InChI is InChI=1S/C22H23BrN4O5S/c23-16-5-7-17(8-6-16)33(30,31)27-11-12-32-20(27)14-26-22(29)21(28)24-10-9-15-13-25-19-4-2-1-3-18(15)19/h1-8,13,20,25H,9-12,14H2,(H,24,28)(H,26,29). The van der Waals surface area contributed by atoms with Crippen LogP contribution in [-0.2, 0) is 30.8 Å². The number of hydrogen-bond donors (Lipinski definition) is 3. The fourth-order valence-electron chi connectivity index (χ4n) is 3.67. The molecule has 0 bridgehead atoms. The number of carbonyl (C=O) groups excluding carboxylic acids is 2. The lowest BCUT2D eigenvalue weighted by Crippen LogP contribution is -2.47. The summed E-state index contributed by atoms with van der Waals surface area (Å²) in [6, 6.07) is 14.1. The Morgan fingerprint density at radius 2 is 1.82 bits per heavy atom. The summed E-state index contributed by atoms with van der Waals surface area (Å²) < 4.78 is 33.3. The van der Waals surface area contributed by atoms with Gasteiger partial charge >= 0.3 is 11.8 Å². The van der Waals surface area contributed by atoms with Crippen LogP contribution >= 0.6 is 15.9 Å². The molecule has 1 aromatic heterocycles. The number of para-hydroxylation sites is 1. The second-order valence-electron chi connectivity index (χ2n) is 7.47. The van der Waals surface area contributed by atoms with E-state index in [1.54, 1.807) is 12.1 Å². The van der Waals surface area contributed by atoms with Crippen molar-refractivity contribution < 1.29 is 22.7 Å². The predicted octanol–water partition coefficient (Wildman–Crippen LogP) is 1.75. The fourth-order valence-corrected chi connectivity index (χ4v) is 5.45. The van der Waals surface area contributed by atoms with E-state index >= 15 is 0 Å². The molecule has 1 unspecified atom stereocenters. The predicted molar refractivity (Wildman–Crippen MR) is 126 cm³/mol. The van der Waals surface area contributed by atoms with Crippen molar-refractivity contribution in [3.8, 4) is 0 Å². The Kier molecular flexibility index (Phi) is 7.13. The zero-order valence-electron chi connectivity index (χ0n) is 17.6. The van der Waals surface area contributed by atoms with Crippen molar-refractivity contribution in [1.82, 2.24) is 19.9 Å². The summed E-state index contributed by atoms with van der Waals surface area (Å²) >= 11 is 3.28. The third-order valence-corrected chi connectivity index (χ3v) is 7.79. The summed E-state index contributed by atoms with van der Waals surface area (Å²) in [5.41, 5.74) is 2.05. The number of aromatic nitrogens is 1. The van der Waals surface area contributed by atoms with Gasteiger partial charge in [-0.3, -0.25) is 9.59 Å². The van der Waals surface area contributed by atoms with Gasteiger partial charge in [0.2, 0.25) is 10.0 Å². The van der Waals surface area contributed by atoms with Crippen molar-refractivity contribution >= 4 is 48.7 Å². The number of fused-ring (bicyclic) bond motifs is 1. The Labute approximate surface area is 199 Å². The second-order valence-corrected chi connectivity index (χ2v) is 10.3. The van der Waals surface area contributed by atoms with E-state index in [1.165, 1.54) is 16.4 Å². The molecule has 0 saturated carbocycles. The van der Waals surface area contributed by atoms with Crippen molar-refractivity contribution in [1.29, 1.82) is 0 Å². The number of amides is 2. The highest BCUT2D eigenvalue weighted by molar-refractivity contribution is 9.10. The van der Waals surface area contributed by atoms with Gasteiger partial charge in [-0.05, 0) is 42.3 Å². The molecule has 11 heteroatoms. The van der Waals surface area contributed by atoms with E-state index in [1.807, 2.05) is 30.5 Å². The van der Waals surface area contributed by atoms with Crippen molar-refractivity contribution in [3.05, 3.63) is 64.8 Å². The van der Waals surface area contributed by atoms with E-state index < -0.39 is 28.1 Å². The topological polar surface area (TPSA) is 121 Å². The second kappa shape index (κ2) is 10.0. The maximum Gasteiger partial charge on any atom is 0.309 e. The summed E-state index contributed by atoms with van der Waals surface area (Å²) in [5.74, 6) is -1.62. The van der Waals surface area contributed by atoms with Gasteiger partial charge in [0.1, 0.15) is 6.23 Å². The van der Waals surface area contributed by atoms with Gasteiger partial charge in [0.15, 0.2) is 0 Å². The van der Waals surface area contributed by atoms with Crippen LogP contribution in [0.1, 0.15) is 5.56 Å². The third kappa shape index (κ3) is 5.27. The number of carbonyl (C=O) groups is 2. The number of nitrogens with zero attached hydrogens (tertiary/aromatic N) is 1. The van der Waals surface area contributed by atoms with Crippen LogP contribution in [0.2, 0.25) is 0 Å². The minimum atomic E-state index is -3.80. The van der Waals surface area contributed by atoms with Gasteiger partial charge in [-0.1, -0.05) is 34.1 Å². The quantitative estimate of drug-likeness (QED) is 0.399. The Balaban J connectivity index is 1.28. The molecule has 4 rings (SSSR count). The maximum atomic E-state index is 12.9. The van der Waals surface area contributed by atoms with Crippen molar-refractivity contribution in [2.45, 2.75) is 17.5 Å². The molecule has 9 nitrogen and oxygen atoms in total. The number of sulfonamides is 1. The molecule has 3 N–H and O–H groups in total. The molecule has 1 aliphatic heterocycles. The van der Waals surface area contributed by atoms with Crippen LogP contribution in [0.5, 0.6) is 0 Å². The first-order valence-corrected chi connectivity index (χ1v) is 12.6. The minimum absolute atomic E-state index is 0.127. The van der Waals surface area contributed by atoms with Gasteiger partial charge in [0.25, 0.3) is 0 Å². The zero-order chi connectivity index (χ0) is 23.4. The van der Waals surface area contributed by atoms with Crippen LogP contribution in [0.4, 0.5) is 0 Å². The molecule has 3 aromatic rings. The van der Waals surface area contributed by atoms with Gasteiger partial charge in [-0.15, -0.1) is 0 Å². The molecule has 1 saturated heterocycles. The molecule has 33 heavy (non-hydrogen) atoms. The van der Waals surface area contributed by atoms with E-state index in [9.17, 15) is 18.0 Å². The summed E-state index contributed by atoms with van der Waals surface area (Å²) in [6.07, 6.45) is 1.56. The number of nitrogens with one attached hydrogen (secondary N) is 3. The van der Waals surface area contributed by atoms with Crippen LogP contribution in [0.3, 0.4) is 0 Å². The number of aromatic amines is 1. The number of hydrogen-bond acceptors (Lipinski definition) is 5. The summed E-state index contributed by atoms with van der Waals surface area (Å²) in [4.78, 5) is 27.7. The van der Waals surface area contributed by atoms with Crippen LogP contribution in [0, 0.1) is 0 Å². The average Bonchev–Trinajstić information content (AvgIpc) is 3.45. The normalized spacial score (nSPS) is 16.7. The molecular formula is C22H23BrN4O5S. The highest BCUT2D eigenvalue weighted by atomic mass is 79.9. The first-order valence-electron chi connectivity index (χ1n) is 10.4. The molecule has 2 heterocycles. The van der Waals surface area contributed by atoms with Crippen LogP contribution < -0.4 is 10.6 Å². The minimum Gasteiger partial charge on any atom is -0.361 e. The Bertz CT molecular complexity index is 1260. The van der Waals surface area contributed by atoms with E-state index in [4.69, 9.17) is 4.74 Å². The number of H-pyrrole nitrogens is 1. The lowest BCUT2D eigenvalue weighted by Gasteiger charge is -2.22. The Hall–Kier alpha value is -2.73. The van der Waals surface area contributed by atoms with Gasteiger partial charge in [-0.25, -0.2) is 8.42 Å². The van der Waals surface area contributed by atoms with Crippen molar-refractivity contribution in [3.63, 3.8) is 0 Å². The van der Waals surface area contributed by atoms with E-state index in [2.05, 4.69) is 31.5 Å².